The van der Waals surface area contributed by atoms with Crippen LogP contribution in [0.3, 0.4) is 0 Å². The number of carbonyl (C=O) groups is 1. The normalized spacial score (nSPS) is 21.6. The van der Waals surface area contributed by atoms with E-state index in [1.807, 2.05) is 18.2 Å². The Morgan fingerprint density at radius 2 is 1.72 bits per heavy atom. The summed E-state index contributed by atoms with van der Waals surface area (Å²) in [5.74, 6) is -2.76. The highest BCUT2D eigenvalue weighted by Crippen LogP contribution is 2.30. The predicted octanol–water partition coefficient (Wildman–Crippen LogP) is 2.43. The largest absolute Gasteiger partial charge is 0.490 e. The Morgan fingerprint density at radius 1 is 1.28 bits per heavy atom. The van der Waals surface area contributed by atoms with Crippen LogP contribution in [-0.4, -0.2) is 17.3 Å². The molecule has 0 aromatic heterocycles. The molecule has 98 valence electrons. The van der Waals surface area contributed by atoms with Crippen molar-refractivity contribution < 1.29 is 23.1 Å². The van der Waals surface area contributed by atoms with Crippen LogP contribution >= 0.6 is 0 Å². The van der Waals surface area contributed by atoms with Crippen LogP contribution in [0, 0.1) is 0 Å². The lowest BCUT2D eigenvalue weighted by molar-refractivity contribution is -0.192. The van der Waals surface area contributed by atoms with Crippen molar-refractivity contribution in [1.82, 2.24) is 0 Å². The summed E-state index contributed by atoms with van der Waals surface area (Å²) in [6, 6.07) is 10.2. The van der Waals surface area contributed by atoms with E-state index < -0.39 is 12.1 Å². The standard InChI is InChI=1S/C10H11N.C2HF3O2/c11-10(7-4-8-10)9-5-2-1-3-6-9;3-2(4,5)1(6)7/h1-7H,8,11H2;(H,6,7). The molecule has 0 aliphatic heterocycles. The second-order valence-corrected chi connectivity index (χ2v) is 3.82. The van der Waals surface area contributed by atoms with E-state index in [0.717, 1.165) is 6.42 Å². The number of carboxylic acids is 1. The highest BCUT2D eigenvalue weighted by atomic mass is 19.4. The Balaban J connectivity index is 0.000000203. The summed E-state index contributed by atoms with van der Waals surface area (Å²) in [6.45, 7) is 0. The summed E-state index contributed by atoms with van der Waals surface area (Å²) in [5.41, 5.74) is 7.08. The van der Waals surface area contributed by atoms with Gasteiger partial charge in [-0.05, 0) is 12.0 Å². The van der Waals surface area contributed by atoms with Gasteiger partial charge in [0.25, 0.3) is 0 Å². The summed E-state index contributed by atoms with van der Waals surface area (Å²) in [4.78, 5) is 8.90. The van der Waals surface area contributed by atoms with E-state index in [-0.39, 0.29) is 5.54 Å². The van der Waals surface area contributed by atoms with Crippen LogP contribution in [-0.2, 0) is 10.3 Å². The topological polar surface area (TPSA) is 63.3 Å². The van der Waals surface area contributed by atoms with Crippen molar-refractivity contribution in [3.63, 3.8) is 0 Å². The first kappa shape index (κ1) is 14.2. The van der Waals surface area contributed by atoms with E-state index >= 15 is 0 Å². The molecule has 3 nitrogen and oxygen atoms in total. The Hall–Kier alpha value is -1.82. The molecule has 0 amide bonds. The first-order chi connectivity index (χ1) is 8.26. The third kappa shape index (κ3) is 3.59. The molecule has 1 unspecified atom stereocenters. The van der Waals surface area contributed by atoms with E-state index in [2.05, 4.69) is 24.3 Å². The molecule has 1 atom stereocenters. The van der Waals surface area contributed by atoms with E-state index in [0.29, 0.717) is 0 Å². The maximum absolute atomic E-state index is 10.6. The summed E-state index contributed by atoms with van der Waals surface area (Å²) < 4.78 is 31.7. The van der Waals surface area contributed by atoms with Crippen LogP contribution < -0.4 is 5.73 Å². The van der Waals surface area contributed by atoms with Crippen molar-refractivity contribution in [2.45, 2.75) is 18.1 Å². The third-order valence-corrected chi connectivity index (χ3v) is 2.42. The quantitative estimate of drug-likeness (QED) is 0.761. The number of alkyl halides is 3. The van der Waals surface area contributed by atoms with Crippen LogP contribution in [0.15, 0.2) is 42.5 Å². The van der Waals surface area contributed by atoms with Gasteiger partial charge in [0, 0.05) is 0 Å². The molecule has 0 heterocycles. The van der Waals surface area contributed by atoms with Crippen molar-refractivity contribution in [1.29, 1.82) is 0 Å². The van der Waals surface area contributed by atoms with Crippen molar-refractivity contribution in [2.24, 2.45) is 5.73 Å². The lowest BCUT2D eigenvalue weighted by atomic mass is 9.80. The molecular formula is C12H12F3NO2. The number of hydrogen-bond acceptors (Lipinski definition) is 2. The monoisotopic (exact) mass is 259 g/mol. The molecule has 1 aromatic carbocycles. The van der Waals surface area contributed by atoms with E-state index in [1.54, 1.807) is 0 Å². The van der Waals surface area contributed by atoms with Gasteiger partial charge in [0.05, 0.1) is 5.54 Å². The zero-order valence-electron chi connectivity index (χ0n) is 9.32. The second kappa shape index (κ2) is 5.22. The van der Waals surface area contributed by atoms with Gasteiger partial charge < -0.3 is 10.8 Å². The molecule has 0 saturated carbocycles. The highest BCUT2D eigenvalue weighted by Gasteiger charge is 2.38. The Bertz CT molecular complexity index is 442. The van der Waals surface area contributed by atoms with Crippen molar-refractivity contribution in [3.8, 4) is 0 Å². The molecule has 0 bridgehead atoms. The van der Waals surface area contributed by atoms with Gasteiger partial charge in [0.15, 0.2) is 0 Å². The van der Waals surface area contributed by atoms with Gasteiger partial charge in [-0.3, -0.25) is 0 Å². The van der Waals surface area contributed by atoms with Crippen molar-refractivity contribution in [3.05, 3.63) is 48.0 Å². The van der Waals surface area contributed by atoms with Gasteiger partial charge in [-0.25, -0.2) is 4.79 Å². The Labute approximate surface area is 102 Å². The second-order valence-electron chi connectivity index (χ2n) is 3.82. The molecule has 1 aromatic rings. The minimum atomic E-state index is -5.08. The van der Waals surface area contributed by atoms with E-state index in [9.17, 15) is 13.2 Å². The van der Waals surface area contributed by atoms with Crippen LogP contribution in [0.25, 0.3) is 0 Å². The zero-order chi connectivity index (χ0) is 13.8. The average Bonchev–Trinajstić information content (AvgIpc) is 2.26. The first-order valence-electron chi connectivity index (χ1n) is 5.08. The van der Waals surface area contributed by atoms with Gasteiger partial charge >= 0.3 is 12.1 Å². The smallest absolute Gasteiger partial charge is 0.475 e. The zero-order valence-corrected chi connectivity index (χ0v) is 9.32. The number of rotatable bonds is 1. The average molecular weight is 259 g/mol. The third-order valence-electron chi connectivity index (χ3n) is 2.42. The van der Waals surface area contributed by atoms with Gasteiger partial charge in [-0.1, -0.05) is 42.5 Å². The van der Waals surface area contributed by atoms with Crippen molar-refractivity contribution in [2.75, 3.05) is 0 Å². The molecule has 0 saturated heterocycles. The number of carboxylic acid groups (broad SMARTS) is 1. The molecule has 1 aliphatic rings. The van der Waals surface area contributed by atoms with Gasteiger partial charge in [0.2, 0.25) is 0 Å². The van der Waals surface area contributed by atoms with Crippen LogP contribution in [0.1, 0.15) is 12.0 Å². The minimum Gasteiger partial charge on any atom is -0.475 e. The number of aliphatic carboxylic acids is 1. The van der Waals surface area contributed by atoms with Gasteiger partial charge in [-0.15, -0.1) is 0 Å². The maximum atomic E-state index is 10.6. The molecule has 3 N–H and O–H groups in total. The lowest BCUT2D eigenvalue weighted by Gasteiger charge is -2.31. The Kier molecular flexibility index (Phi) is 4.13. The lowest BCUT2D eigenvalue weighted by Crippen LogP contribution is -2.38. The van der Waals surface area contributed by atoms with Crippen LogP contribution in [0.2, 0.25) is 0 Å². The molecule has 1 aliphatic carbocycles. The fourth-order valence-electron chi connectivity index (χ4n) is 1.33. The number of nitrogens with two attached hydrogens (primary N) is 1. The first-order valence-corrected chi connectivity index (χ1v) is 5.08. The summed E-state index contributed by atoms with van der Waals surface area (Å²) in [5, 5.41) is 7.12. The molecule has 0 fully saturated rings. The summed E-state index contributed by atoms with van der Waals surface area (Å²) >= 11 is 0. The fourth-order valence-corrected chi connectivity index (χ4v) is 1.33. The highest BCUT2D eigenvalue weighted by molar-refractivity contribution is 5.73. The Morgan fingerprint density at radius 3 is 2.00 bits per heavy atom. The minimum absolute atomic E-state index is 0.165. The molecule has 6 heteroatoms. The van der Waals surface area contributed by atoms with Crippen LogP contribution in [0.4, 0.5) is 13.2 Å². The molecule has 18 heavy (non-hydrogen) atoms. The summed E-state index contributed by atoms with van der Waals surface area (Å²) in [7, 11) is 0. The van der Waals surface area contributed by atoms with E-state index in [4.69, 9.17) is 15.6 Å². The molecule has 0 spiro atoms. The van der Waals surface area contributed by atoms with E-state index in [1.165, 1.54) is 5.56 Å². The van der Waals surface area contributed by atoms with Gasteiger partial charge in [0.1, 0.15) is 0 Å². The van der Waals surface area contributed by atoms with Gasteiger partial charge in [-0.2, -0.15) is 13.2 Å². The number of benzene rings is 1. The molecular weight excluding hydrogens is 247 g/mol. The van der Waals surface area contributed by atoms with Crippen molar-refractivity contribution >= 4 is 5.97 Å². The summed E-state index contributed by atoms with van der Waals surface area (Å²) in [6.07, 6.45) is 0.0480. The number of hydrogen-bond donors (Lipinski definition) is 2. The fraction of sp³-hybridized carbons (Fsp3) is 0.250. The maximum Gasteiger partial charge on any atom is 0.490 e. The number of halogens is 3. The molecule has 0 radical (unpaired) electrons. The molecule has 2 rings (SSSR count). The SMILES string of the molecule is NC1(c2ccccc2)C=CC1.O=C(O)C(F)(F)F. The van der Waals surface area contributed by atoms with Crippen LogP contribution in [0.5, 0.6) is 0 Å². The predicted molar refractivity (Wildman–Crippen MR) is 59.8 cm³/mol.